The summed E-state index contributed by atoms with van der Waals surface area (Å²) < 4.78 is 29.2. The molecule has 0 amide bonds. The molecule has 2 aromatic rings. The van der Waals surface area contributed by atoms with Gasteiger partial charge in [-0.1, -0.05) is 0 Å². The van der Waals surface area contributed by atoms with Gasteiger partial charge in [-0.15, -0.1) is 0 Å². The topological polar surface area (TPSA) is 44.8 Å². The summed E-state index contributed by atoms with van der Waals surface area (Å²) in [5, 5.41) is 0. The number of carbonyl (C=O) groups excluding carboxylic acids is 1. The number of aryl methyl sites for hydroxylation is 1. The predicted molar refractivity (Wildman–Crippen MR) is 87.5 cm³/mol. The van der Waals surface area contributed by atoms with Crippen molar-refractivity contribution >= 4 is 21.9 Å². The summed E-state index contributed by atoms with van der Waals surface area (Å²) >= 11 is 3.15. The molecule has 0 atom stereocenters. The summed E-state index contributed by atoms with van der Waals surface area (Å²) in [4.78, 5) is 12.1. The molecule has 0 saturated carbocycles. The van der Waals surface area contributed by atoms with Crippen LogP contribution in [0.25, 0.3) is 0 Å². The second-order valence-electron chi connectivity index (χ2n) is 4.83. The maximum Gasteiger partial charge on any atom is 0.339 e. The molecule has 6 heteroatoms. The number of halogens is 2. The third-order valence-corrected chi connectivity index (χ3v) is 4.01. The Bertz CT molecular complexity index is 731. The Morgan fingerprint density at radius 2 is 1.78 bits per heavy atom. The van der Waals surface area contributed by atoms with Crippen LogP contribution >= 0.6 is 15.9 Å². The zero-order chi connectivity index (χ0) is 17.0. The Labute approximate surface area is 142 Å². The molecule has 0 aliphatic heterocycles. The summed E-state index contributed by atoms with van der Waals surface area (Å²) in [6.45, 7) is 1.97. The Morgan fingerprint density at radius 3 is 2.39 bits per heavy atom. The van der Waals surface area contributed by atoms with Crippen LogP contribution in [0.1, 0.15) is 21.5 Å². The number of esters is 1. The quantitative estimate of drug-likeness (QED) is 0.724. The number of carbonyl (C=O) groups is 1. The van der Waals surface area contributed by atoms with Crippen LogP contribution < -0.4 is 9.47 Å². The van der Waals surface area contributed by atoms with Crippen molar-refractivity contribution < 1.29 is 23.4 Å². The van der Waals surface area contributed by atoms with Crippen LogP contribution in [0.3, 0.4) is 0 Å². The summed E-state index contributed by atoms with van der Waals surface area (Å²) in [7, 11) is 3.10. The molecule has 122 valence electrons. The lowest BCUT2D eigenvalue weighted by molar-refractivity contribution is 0.0470. The highest BCUT2D eigenvalue weighted by molar-refractivity contribution is 9.10. The number of hydrogen-bond donors (Lipinski definition) is 0. The van der Waals surface area contributed by atoms with Crippen molar-refractivity contribution in [1.29, 1.82) is 0 Å². The molecule has 23 heavy (non-hydrogen) atoms. The zero-order valence-electron chi connectivity index (χ0n) is 13.0. The lowest BCUT2D eigenvalue weighted by atomic mass is 10.1. The van der Waals surface area contributed by atoms with E-state index in [1.807, 2.05) is 13.0 Å². The SMILES string of the molecule is COc1cc(C)c(COC(=O)c2ccc(F)cc2Br)cc1OC. The minimum Gasteiger partial charge on any atom is -0.493 e. The fraction of sp³-hybridized carbons (Fsp3) is 0.235. The highest BCUT2D eigenvalue weighted by atomic mass is 79.9. The fourth-order valence-electron chi connectivity index (χ4n) is 2.05. The van der Waals surface area contributed by atoms with Gasteiger partial charge in [0.25, 0.3) is 0 Å². The van der Waals surface area contributed by atoms with Crippen molar-refractivity contribution in [2.75, 3.05) is 14.2 Å². The van der Waals surface area contributed by atoms with Gasteiger partial charge in [0.15, 0.2) is 11.5 Å². The Hall–Kier alpha value is -2.08. The molecule has 0 spiro atoms. The molecule has 4 nitrogen and oxygen atoms in total. The molecule has 2 aromatic carbocycles. The first-order valence-corrected chi connectivity index (χ1v) is 7.59. The molecule has 0 radical (unpaired) electrons. The van der Waals surface area contributed by atoms with Crippen molar-refractivity contribution in [1.82, 2.24) is 0 Å². The normalized spacial score (nSPS) is 10.3. The van der Waals surface area contributed by atoms with E-state index in [2.05, 4.69) is 15.9 Å². The van der Waals surface area contributed by atoms with E-state index in [9.17, 15) is 9.18 Å². The Kier molecular flexibility index (Phi) is 5.60. The molecule has 0 heterocycles. The lowest BCUT2D eigenvalue weighted by Gasteiger charge is -2.13. The van der Waals surface area contributed by atoms with Gasteiger partial charge in [-0.2, -0.15) is 0 Å². The van der Waals surface area contributed by atoms with Gasteiger partial charge >= 0.3 is 5.97 Å². The van der Waals surface area contributed by atoms with Crippen molar-refractivity contribution in [2.45, 2.75) is 13.5 Å². The second kappa shape index (κ2) is 7.46. The van der Waals surface area contributed by atoms with E-state index in [1.54, 1.807) is 20.3 Å². The van der Waals surface area contributed by atoms with Crippen molar-refractivity contribution in [3.63, 3.8) is 0 Å². The largest absolute Gasteiger partial charge is 0.493 e. The van der Waals surface area contributed by atoms with Crippen LogP contribution in [0.15, 0.2) is 34.8 Å². The maximum absolute atomic E-state index is 13.1. The maximum atomic E-state index is 13.1. The van der Waals surface area contributed by atoms with Gasteiger partial charge in [0.2, 0.25) is 0 Å². The minimum absolute atomic E-state index is 0.0782. The molecule has 0 fully saturated rings. The van der Waals surface area contributed by atoms with E-state index in [-0.39, 0.29) is 12.2 Å². The molecule has 0 N–H and O–H groups in total. The number of ether oxygens (including phenoxy) is 3. The smallest absolute Gasteiger partial charge is 0.339 e. The number of methoxy groups -OCH3 is 2. The lowest BCUT2D eigenvalue weighted by Crippen LogP contribution is -2.07. The second-order valence-corrected chi connectivity index (χ2v) is 5.69. The summed E-state index contributed by atoms with van der Waals surface area (Å²) in [6.07, 6.45) is 0. The average molecular weight is 383 g/mol. The van der Waals surface area contributed by atoms with Crippen LogP contribution in [-0.2, 0) is 11.3 Å². The zero-order valence-corrected chi connectivity index (χ0v) is 14.6. The van der Waals surface area contributed by atoms with E-state index >= 15 is 0 Å². The summed E-state index contributed by atoms with van der Waals surface area (Å²) in [5.41, 5.74) is 1.98. The summed E-state index contributed by atoms with van der Waals surface area (Å²) in [6, 6.07) is 7.39. The average Bonchev–Trinajstić information content (AvgIpc) is 2.53. The number of benzene rings is 2. The molecule has 0 saturated heterocycles. The monoisotopic (exact) mass is 382 g/mol. The molecule has 0 aliphatic carbocycles. The third kappa shape index (κ3) is 4.01. The Morgan fingerprint density at radius 1 is 1.13 bits per heavy atom. The van der Waals surface area contributed by atoms with Gasteiger partial charge < -0.3 is 14.2 Å². The molecule has 0 aliphatic rings. The van der Waals surface area contributed by atoms with Crippen LogP contribution in [0, 0.1) is 12.7 Å². The van der Waals surface area contributed by atoms with E-state index in [0.29, 0.717) is 16.0 Å². The van der Waals surface area contributed by atoms with Gasteiger partial charge in [-0.25, -0.2) is 9.18 Å². The predicted octanol–water partition coefficient (Wildman–Crippen LogP) is 4.27. The molecular formula is C17H16BrFO4. The first-order chi connectivity index (χ1) is 11.0. The van der Waals surface area contributed by atoms with Crippen LogP contribution in [0.4, 0.5) is 4.39 Å². The van der Waals surface area contributed by atoms with Crippen LogP contribution in [-0.4, -0.2) is 20.2 Å². The van der Waals surface area contributed by atoms with Crippen LogP contribution in [0.5, 0.6) is 11.5 Å². The van der Waals surface area contributed by atoms with Gasteiger partial charge in [-0.05, 0) is 64.3 Å². The van der Waals surface area contributed by atoms with E-state index < -0.39 is 11.8 Å². The molecule has 0 aromatic heterocycles. The minimum atomic E-state index is -0.536. The summed E-state index contributed by atoms with van der Waals surface area (Å²) in [5.74, 6) is 0.212. The fourth-order valence-corrected chi connectivity index (χ4v) is 2.57. The van der Waals surface area contributed by atoms with Gasteiger partial charge in [0.1, 0.15) is 12.4 Å². The highest BCUT2D eigenvalue weighted by Gasteiger charge is 2.14. The molecule has 2 rings (SSSR count). The standard InChI is InChI=1S/C17H16BrFO4/c1-10-6-15(21-2)16(22-3)7-11(10)9-23-17(20)13-5-4-12(19)8-14(13)18/h4-8H,9H2,1-3H3. The third-order valence-electron chi connectivity index (χ3n) is 3.35. The van der Waals surface area contributed by atoms with E-state index in [1.165, 1.54) is 18.2 Å². The highest BCUT2D eigenvalue weighted by Crippen LogP contribution is 2.30. The van der Waals surface area contributed by atoms with Gasteiger partial charge in [-0.3, -0.25) is 0 Å². The molecule has 0 bridgehead atoms. The first-order valence-electron chi connectivity index (χ1n) is 6.80. The first kappa shape index (κ1) is 17.3. The van der Waals surface area contributed by atoms with Gasteiger partial charge in [0, 0.05) is 4.47 Å². The van der Waals surface area contributed by atoms with Gasteiger partial charge in [0.05, 0.1) is 19.8 Å². The molecule has 0 unspecified atom stereocenters. The number of rotatable bonds is 5. The van der Waals surface area contributed by atoms with E-state index in [0.717, 1.165) is 11.1 Å². The molecular weight excluding hydrogens is 367 g/mol. The van der Waals surface area contributed by atoms with Crippen molar-refractivity contribution in [3.8, 4) is 11.5 Å². The van der Waals surface area contributed by atoms with Crippen molar-refractivity contribution in [2.24, 2.45) is 0 Å². The van der Waals surface area contributed by atoms with E-state index in [4.69, 9.17) is 14.2 Å². The number of hydrogen-bond acceptors (Lipinski definition) is 4. The van der Waals surface area contributed by atoms with Crippen LogP contribution in [0.2, 0.25) is 0 Å². The Balaban J connectivity index is 2.15. The van der Waals surface area contributed by atoms with Crippen molar-refractivity contribution in [3.05, 3.63) is 57.3 Å².